The number of aryl methyl sites for hydroxylation is 2. The zero-order chi connectivity index (χ0) is 12.0. The number of hydrogen-bond donors (Lipinski definition) is 1. The maximum Gasteiger partial charge on any atom is 0.216 e. The molecule has 0 amide bonds. The molecule has 0 aliphatic heterocycles. The summed E-state index contributed by atoms with van der Waals surface area (Å²) < 4.78 is 11.8. The van der Waals surface area contributed by atoms with Crippen molar-refractivity contribution in [2.45, 2.75) is 13.5 Å². The van der Waals surface area contributed by atoms with Crippen LogP contribution in [-0.2, 0) is 23.2 Å². The van der Waals surface area contributed by atoms with E-state index in [0.717, 1.165) is 17.1 Å². The molecule has 0 aliphatic carbocycles. The average molecular weight is 229 g/mol. The van der Waals surface area contributed by atoms with Gasteiger partial charge in [0.2, 0.25) is 5.88 Å². The molecule has 0 saturated carbocycles. The number of hydrogen-bond acceptors (Lipinski definition) is 5. The van der Waals surface area contributed by atoms with Gasteiger partial charge >= 0.3 is 0 Å². The minimum absolute atomic E-state index is 0.512. The highest BCUT2D eigenvalue weighted by molar-refractivity contribution is 5.30. The van der Waals surface area contributed by atoms with E-state index >= 15 is 0 Å². The molecule has 1 aromatic rings. The number of ether oxygens (including phenoxy) is 2. The predicted octanol–water partition coefficient (Wildman–Crippen LogP) is 0.405. The van der Waals surface area contributed by atoms with Gasteiger partial charge in [-0.3, -0.25) is 4.84 Å². The van der Waals surface area contributed by atoms with Crippen LogP contribution in [0.1, 0.15) is 11.3 Å². The standard InChI is InChI=1S/C10H19N3O3/c1-8-9(7-11-16-6-5-14-3)10(15-4)13(2)12-8/h11H,5-7H2,1-4H3. The maximum atomic E-state index is 5.26. The maximum absolute atomic E-state index is 5.26. The molecule has 6 nitrogen and oxygen atoms in total. The molecule has 1 heterocycles. The van der Waals surface area contributed by atoms with Gasteiger partial charge in [0, 0.05) is 14.2 Å². The number of rotatable bonds is 7. The zero-order valence-electron chi connectivity index (χ0n) is 10.2. The van der Waals surface area contributed by atoms with E-state index in [4.69, 9.17) is 14.3 Å². The van der Waals surface area contributed by atoms with Crippen molar-refractivity contribution in [2.24, 2.45) is 7.05 Å². The molecule has 0 fully saturated rings. The van der Waals surface area contributed by atoms with Gasteiger partial charge in [-0.1, -0.05) is 0 Å². The summed E-state index contributed by atoms with van der Waals surface area (Å²) >= 11 is 0. The highest BCUT2D eigenvalue weighted by atomic mass is 16.7. The first kappa shape index (κ1) is 13.0. The van der Waals surface area contributed by atoms with Crippen LogP contribution in [0.4, 0.5) is 0 Å². The zero-order valence-corrected chi connectivity index (χ0v) is 10.2. The van der Waals surface area contributed by atoms with E-state index in [1.165, 1.54) is 0 Å². The van der Waals surface area contributed by atoms with Crippen LogP contribution in [0.5, 0.6) is 5.88 Å². The van der Waals surface area contributed by atoms with Crippen molar-refractivity contribution in [3.05, 3.63) is 11.3 Å². The quantitative estimate of drug-likeness (QED) is 0.542. The molecular formula is C10H19N3O3. The van der Waals surface area contributed by atoms with E-state index in [1.54, 1.807) is 18.9 Å². The average Bonchev–Trinajstić information content (AvgIpc) is 2.53. The smallest absolute Gasteiger partial charge is 0.216 e. The molecule has 16 heavy (non-hydrogen) atoms. The van der Waals surface area contributed by atoms with E-state index in [1.807, 2.05) is 14.0 Å². The van der Waals surface area contributed by atoms with E-state index in [9.17, 15) is 0 Å². The fourth-order valence-electron chi connectivity index (χ4n) is 1.46. The van der Waals surface area contributed by atoms with Crippen LogP contribution in [0.15, 0.2) is 0 Å². The minimum atomic E-state index is 0.512. The normalized spacial score (nSPS) is 10.8. The first-order valence-corrected chi connectivity index (χ1v) is 5.10. The van der Waals surface area contributed by atoms with Crippen LogP contribution in [0.2, 0.25) is 0 Å². The molecule has 1 aromatic heterocycles. The molecule has 0 aromatic carbocycles. The van der Waals surface area contributed by atoms with E-state index in [-0.39, 0.29) is 0 Å². The summed E-state index contributed by atoms with van der Waals surface area (Å²) in [5, 5.41) is 4.27. The summed E-state index contributed by atoms with van der Waals surface area (Å²) in [7, 11) is 5.12. The Balaban J connectivity index is 2.46. The monoisotopic (exact) mass is 229 g/mol. The van der Waals surface area contributed by atoms with Gasteiger partial charge < -0.3 is 9.47 Å². The Bertz CT molecular complexity index is 325. The topological polar surface area (TPSA) is 57.5 Å². The molecule has 0 bridgehead atoms. The first-order valence-electron chi connectivity index (χ1n) is 5.10. The third kappa shape index (κ3) is 3.19. The second kappa shape index (κ2) is 6.47. The molecule has 1 rings (SSSR count). The Morgan fingerprint density at radius 3 is 2.69 bits per heavy atom. The van der Waals surface area contributed by atoms with Gasteiger partial charge in [-0.25, -0.2) is 4.68 Å². The van der Waals surface area contributed by atoms with Gasteiger partial charge in [0.15, 0.2) is 0 Å². The Morgan fingerprint density at radius 2 is 2.06 bits per heavy atom. The lowest BCUT2D eigenvalue weighted by Gasteiger charge is -2.07. The van der Waals surface area contributed by atoms with Crippen LogP contribution < -0.4 is 10.2 Å². The van der Waals surface area contributed by atoms with Gasteiger partial charge in [-0.15, -0.1) is 0 Å². The summed E-state index contributed by atoms with van der Waals surface area (Å²) in [4.78, 5) is 5.17. The van der Waals surface area contributed by atoms with Crippen molar-refractivity contribution in [1.82, 2.24) is 15.3 Å². The van der Waals surface area contributed by atoms with E-state index < -0.39 is 0 Å². The Hall–Kier alpha value is -1.11. The van der Waals surface area contributed by atoms with Crippen molar-refractivity contribution in [1.29, 1.82) is 0 Å². The molecular weight excluding hydrogens is 210 g/mol. The molecule has 6 heteroatoms. The van der Waals surface area contributed by atoms with Crippen molar-refractivity contribution < 1.29 is 14.3 Å². The number of nitrogens with zero attached hydrogens (tertiary/aromatic N) is 2. The summed E-state index contributed by atoms with van der Waals surface area (Å²) in [5.74, 6) is 0.750. The number of methoxy groups -OCH3 is 2. The first-order chi connectivity index (χ1) is 7.70. The Kier molecular flexibility index (Phi) is 5.24. The molecule has 0 radical (unpaired) electrons. The van der Waals surface area contributed by atoms with Crippen LogP contribution in [0, 0.1) is 6.92 Å². The van der Waals surface area contributed by atoms with Gasteiger partial charge in [0.25, 0.3) is 0 Å². The summed E-state index contributed by atoms with van der Waals surface area (Å²) in [6, 6.07) is 0. The lowest BCUT2D eigenvalue weighted by atomic mass is 10.2. The molecule has 0 saturated heterocycles. The fourth-order valence-corrected chi connectivity index (χ4v) is 1.46. The molecule has 0 unspecified atom stereocenters. The second-order valence-corrected chi connectivity index (χ2v) is 3.36. The number of hydroxylamine groups is 1. The molecule has 92 valence electrons. The van der Waals surface area contributed by atoms with Gasteiger partial charge in [-0.05, 0) is 6.92 Å². The summed E-state index contributed by atoms with van der Waals surface area (Å²) in [5.41, 5.74) is 4.79. The largest absolute Gasteiger partial charge is 0.481 e. The fraction of sp³-hybridized carbons (Fsp3) is 0.700. The van der Waals surface area contributed by atoms with Gasteiger partial charge in [0.1, 0.15) is 0 Å². The van der Waals surface area contributed by atoms with Crippen LogP contribution in [0.3, 0.4) is 0 Å². The van der Waals surface area contributed by atoms with Crippen molar-refractivity contribution in [3.63, 3.8) is 0 Å². The molecule has 0 atom stereocenters. The van der Waals surface area contributed by atoms with Crippen molar-refractivity contribution >= 4 is 0 Å². The van der Waals surface area contributed by atoms with Gasteiger partial charge in [0.05, 0.1) is 38.1 Å². The van der Waals surface area contributed by atoms with Gasteiger partial charge in [-0.2, -0.15) is 10.6 Å². The van der Waals surface area contributed by atoms with Crippen LogP contribution in [0.25, 0.3) is 0 Å². The predicted molar refractivity (Wildman–Crippen MR) is 59.2 cm³/mol. The minimum Gasteiger partial charge on any atom is -0.481 e. The Morgan fingerprint density at radius 1 is 1.31 bits per heavy atom. The third-order valence-electron chi connectivity index (χ3n) is 2.22. The van der Waals surface area contributed by atoms with E-state index in [0.29, 0.717) is 19.8 Å². The summed E-state index contributed by atoms with van der Waals surface area (Å²) in [6.45, 7) is 3.58. The third-order valence-corrected chi connectivity index (χ3v) is 2.22. The van der Waals surface area contributed by atoms with Crippen molar-refractivity contribution in [2.75, 3.05) is 27.4 Å². The van der Waals surface area contributed by atoms with Crippen LogP contribution in [-0.4, -0.2) is 37.2 Å². The molecule has 1 N–H and O–H groups in total. The molecule has 0 aliphatic rings. The second-order valence-electron chi connectivity index (χ2n) is 3.36. The lowest BCUT2D eigenvalue weighted by molar-refractivity contribution is 0.00313. The highest BCUT2D eigenvalue weighted by Crippen LogP contribution is 2.20. The Labute approximate surface area is 95.4 Å². The SMILES string of the molecule is COCCONCc1c(C)nn(C)c1OC. The number of nitrogens with one attached hydrogen (secondary N) is 1. The lowest BCUT2D eigenvalue weighted by Crippen LogP contribution is -2.17. The molecule has 0 spiro atoms. The number of aromatic nitrogens is 2. The summed E-state index contributed by atoms with van der Waals surface area (Å²) in [6.07, 6.45) is 0. The highest BCUT2D eigenvalue weighted by Gasteiger charge is 2.12. The van der Waals surface area contributed by atoms with Crippen LogP contribution >= 0.6 is 0 Å². The van der Waals surface area contributed by atoms with E-state index in [2.05, 4.69) is 10.6 Å². The van der Waals surface area contributed by atoms with Crippen molar-refractivity contribution in [3.8, 4) is 5.88 Å².